The molecule has 0 rings (SSSR count). The predicted molar refractivity (Wildman–Crippen MR) is 95.9 cm³/mol. The van der Waals surface area contributed by atoms with Gasteiger partial charge in [0.15, 0.2) is 0 Å². The van der Waals surface area contributed by atoms with Gasteiger partial charge in [0.25, 0.3) is 0 Å². The third-order valence-corrected chi connectivity index (χ3v) is 4.00. The lowest BCUT2D eigenvalue weighted by atomic mass is 9.78. The monoisotopic (exact) mass is 358 g/mol. The first-order valence-electron chi connectivity index (χ1n) is 8.60. The van der Waals surface area contributed by atoms with Crippen molar-refractivity contribution in [1.82, 2.24) is 5.32 Å². The van der Waals surface area contributed by atoms with Gasteiger partial charge in [0.05, 0.1) is 5.41 Å². The molecule has 0 heterocycles. The summed E-state index contributed by atoms with van der Waals surface area (Å²) in [4.78, 5) is 35.9. The van der Waals surface area contributed by atoms with Gasteiger partial charge in [-0.15, -0.1) is 0 Å². The van der Waals surface area contributed by atoms with Gasteiger partial charge in [-0.2, -0.15) is 0 Å². The van der Waals surface area contributed by atoms with Crippen LogP contribution in [-0.2, 0) is 19.1 Å². The van der Waals surface area contributed by atoms with Gasteiger partial charge in [0.1, 0.15) is 11.6 Å². The van der Waals surface area contributed by atoms with E-state index in [0.29, 0.717) is 12.8 Å². The Kier molecular flexibility index (Phi) is 8.08. The fourth-order valence-corrected chi connectivity index (χ4v) is 2.03. The number of nitrogens with two attached hydrogens (primary N) is 1. The molecule has 0 radical (unpaired) electrons. The molecule has 0 saturated heterocycles. The Balaban J connectivity index is 4.86. The molecule has 25 heavy (non-hydrogen) atoms. The topological polar surface area (TPSA) is 119 Å². The average molecular weight is 358 g/mol. The number of carbonyl (C=O) groups excluding carboxylic acids is 2. The zero-order valence-corrected chi connectivity index (χ0v) is 16.6. The second-order valence-corrected chi connectivity index (χ2v) is 8.71. The number of carbonyl (C=O) groups is 3. The summed E-state index contributed by atoms with van der Waals surface area (Å²) in [7, 11) is 0. The maximum atomic E-state index is 12.4. The molecular formula is C18H34N2O5. The molecule has 0 aliphatic heterocycles. The Morgan fingerprint density at radius 2 is 1.48 bits per heavy atom. The molecule has 1 atom stereocenters. The lowest BCUT2D eigenvalue weighted by molar-refractivity contribution is -0.166. The van der Waals surface area contributed by atoms with Crippen molar-refractivity contribution in [3.8, 4) is 0 Å². The SMILES string of the molecule is CC(C)(C)OC(=O)C(C)(C)CCC(C)(C)C(=O)N[C@@H](CCN)C(=O)O. The number of ether oxygens (including phenoxy) is 1. The minimum absolute atomic E-state index is 0.167. The number of aliphatic carboxylic acids is 1. The highest BCUT2D eigenvalue weighted by atomic mass is 16.6. The van der Waals surface area contributed by atoms with Gasteiger partial charge in [-0.3, -0.25) is 9.59 Å². The summed E-state index contributed by atoms with van der Waals surface area (Å²) in [6, 6.07) is -1.00. The van der Waals surface area contributed by atoms with Crippen molar-refractivity contribution >= 4 is 17.8 Å². The minimum Gasteiger partial charge on any atom is -0.480 e. The van der Waals surface area contributed by atoms with E-state index in [2.05, 4.69) is 5.32 Å². The summed E-state index contributed by atoms with van der Waals surface area (Å²) < 4.78 is 5.43. The van der Waals surface area contributed by atoms with Crippen LogP contribution in [0.15, 0.2) is 0 Å². The van der Waals surface area contributed by atoms with E-state index in [9.17, 15) is 14.4 Å². The second kappa shape index (κ2) is 8.65. The number of nitrogens with one attached hydrogen (secondary N) is 1. The number of hydrogen-bond donors (Lipinski definition) is 3. The molecule has 0 unspecified atom stereocenters. The maximum absolute atomic E-state index is 12.4. The van der Waals surface area contributed by atoms with E-state index in [4.69, 9.17) is 15.6 Å². The lowest BCUT2D eigenvalue weighted by Gasteiger charge is -2.32. The molecule has 0 saturated carbocycles. The van der Waals surface area contributed by atoms with Gasteiger partial charge in [0, 0.05) is 5.41 Å². The number of amides is 1. The summed E-state index contributed by atoms with van der Waals surface area (Å²) in [6.07, 6.45) is 1.03. The van der Waals surface area contributed by atoms with E-state index >= 15 is 0 Å². The van der Waals surface area contributed by atoms with Crippen molar-refractivity contribution in [2.24, 2.45) is 16.6 Å². The molecule has 0 aliphatic rings. The van der Waals surface area contributed by atoms with E-state index in [1.54, 1.807) is 27.7 Å². The van der Waals surface area contributed by atoms with Gasteiger partial charge in [-0.05, 0) is 60.4 Å². The fourth-order valence-electron chi connectivity index (χ4n) is 2.03. The highest BCUT2D eigenvalue weighted by Crippen LogP contribution is 2.33. The summed E-state index contributed by atoms with van der Waals surface area (Å²) >= 11 is 0. The van der Waals surface area contributed by atoms with Crippen molar-refractivity contribution in [3.05, 3.63) is 0 Å². The molecular weight excluding hydrogens is 324 g/mol. The molecule has 0 aliphatic carbocycles. The molecule has 0 aromatic carbocycles. The third kappa shape index (κ3) is 8.34. The van der Waals surface area contributed by atoms with Crippen LogP contribution in [-0.4, -0.2) is 41.1 Å². The molecule has 146 valence electrons. The van der Waals surface area contributed by atoms with Crippen molar-refractivity contribution < 1.29 is 24.2 Å². The second-order valence-electron chi connectivity index (χ2n) is 8.71. The van der Waals surface area contributed by atoms with Crippen LogP contribution in [0, 0.1) is 10.8 Å². The smallest absolute Gasteiger partial charge is 0.326 e. The Labute approximate surface area is 150 Å². The van der Waals surface area contributed by atoms with E-state index in [0.717, 1.165) is 0 Å². The number of carboxylic acid groups (broad SMARTS) is 1. The quantitative estimate of drug-likeness (QED) is 0.543. The van der Waals surface area contributed by atoms with Gasteiger partial charge in [-0.25, -0.2) is 4.79 Å². The summed E-state index contributed by atoms with van der Waals surface area (Å²) in [5.74, 6) is -1.79. The molecule has 0 aromatic rings. The van der Waals surface area contributed by atoms with Crippen molar-refractivity contribution in [1.29, 1.82) is 0 Å². The first kappa shape index (κ1) is 23.4. The predicted octanol–water partition coefficient (Wildman–Crippen LogP) is 2.08. The molecule has 7 heteroatoms. The number of esters is 1. The van der Waals surface area contributed by atoms with Crippen LogP contribution in [0.4, 0.5) is 0 Å². The molecule has 0 bridgehead atoms. The number of carboxylic acids is 1. The summed E-state index contributed by atoms with van der Waals surface area (Å²) in [5, 5.41) is 11.7. The van der Waals surface area contributed by atoms with Crippen LogP contribution in [0.3, 0.4) is 0 Å². The van der Waals surface area contributed by atoms with Crippen LogP contribution >= 0.6 is 0 Å². The Morgan fingerprint density at radius 1 is 1.00 bits per heavy atom. The zero-order valence-electron chi connectivity index (χ0n) is 16.6. The maximum Gasteiger partial charge on any atom is 0.326 e. The Morgan fingerprint density at radius 3 is 1.88 bits per heavy atom. The van der Waals surface area contributed by atoms with E-state index in [1.165, 1.54) is 0 Å². The first-order valence-corrected chi connectivity index (χ1v) is 8.60. The van der Waals surface area contributed by atoms with Crippen LogP contribution in [0.5, 0.6) is 0 Å². The normalized spacial score (nSPS) is 13.9. The van der Waals surface area contributed by atoms with Gasteiger partial charge >= 0.3 is 11.9 Å². The average Bonchev–Trinajstić information content (AvgIpc) is 2.42. The minimum atomic E-state index is -1.11. The highest BCUT2D eigenvalue weighted by Gasteiger charge is 2.37. The number of hydrogen-bond acceptors (Lipinski definition) is 5. The molecule has 1 amide bonds. The Hall–Kier alpha value is -1.63. The van der Waals surface area contributed by atoms with Crippen molar-refractivity contribution in [2.75, 3.05) is 6.54 Å². The van der Waals surface area contributed by atoms with Crippen molar-refractivity contribution in [2.45, 2.75) is 79.4 Å². The van der Waals surface area contributed by atoms with Gasteiger partial charge in [-0.1, -0.05) is 13.8 Å². The van der Waals surface area contributed by atoms with Crippen LogP contribution in [0.2, 0.25) is 0 Å². The molecule has 0 spiro atoms. The fraction of sp³-hybridized carbons (Fsp3) is 0.833. The van der Waals surface area contributed by atoms with E-state index in [1.807, 2.05) is 20.8 Å². The lowest BCUT2D eigenvalue weighted by Crippen LogP contribution is -2.47. The zero-order chi connectivity index (χ0) is 20.1. The highest BCUT2D eigenvalue weighted by molar-refractivity contribution is 5.87. The third-order valence-electron chi connectivity index (χ3n) is 4.00. The van der Waals surface area contributed by atoms with Crippen LogP contribution < -0.4 is 11.1 Å². The largest absolute Gasteiger partial charge is 0.480 e. The molecule has 4 N–H and O–H groups in total. The van der Waals surface area contributed by atoms with E-state index in [-0.39, 0.29) is 24.8 Å². The summed E-state index contributed by atoms with van der Waals surface area (Å²) in [5.41, 5.74) is 3.25. The van der Waals surface area contributed by atoms with E-state index < -0.39 is 28.4 Å². The Bertz CT molecular complexity index is 492. The first-order chi connectivity index (χ1) is 11.1. The molecule has 7 nitrogen and oxygen atoms in total. The molecule has 0 aromatic heterocycles. The van der Waals surface area contributed by atoms with Crippen LogP contribution in [0.25, 0.3) is 0 Å². The molecule has 0 fully saturated rings. The van der Waals surface area contributed by atoms with Crippen molar-refractivity contribution in [3.63, 3.8) is 0 Å². The summed E-state index contributed by atoms with van der Waals surface area (Å²) in [6.45, 7) is 12.6. The van der Waals surface area contributed by atoms with Gasteiger partial charge < -0.3 is 20.9 Å². The standard InChI is InChI=1S/C18H34N2O5/c1-16(2,3)25-15(24)18(6,7)10-9-17(4,5)14(23)20-12(8-11-19)13(21)22/h12H,8-11,19H2,1-7H3,(H,20,23)(H,21,22)/t12-/m0/s1. The van der Waals surface area contributed by atoms with Gasteiger partial charge in [0.2, 0.25) is 5.91 Å². The van der Waals surface area contributed by atoms with Crippen LogP contribution in [0.1, 0.15) is 67.7 Å². The number of rotatable bonds is 9.